The molecule has 0 saturated heterocycles. The summed E-state index contributed by atoms with van der Waals surface area (Å²) in [6.07, 6.45) is 1.70. The first-order valence-corrected chi connectivity index (χ1v) is 4.88. The van der Waals surface area contributed by atoms with Crippen molar-refractivity contribution in [1.29, 1.82) is 0 Å². The van der Waals surface area contributed by atoms with Crippen LogP contribution in [-0.2, 0) is 12.0 Å². The number of fused-ring (bicyclic) bond motifs is 1. The molecule has 0 heterocycles. The molecule has 14 heavy (non-hydrogen) atoms. The van der Waals surface area contributed by atoms with Crippen LogP contribution in [0.4, 0.5) is 4.39 Å². The van der Waals surface area contributed by atoms with Crippen LogP contribution in [0.3, 0.4) is 0 Å². The van der Waals surface area contributed by atoms with Crippen LogP contribution in [0.25, 0.3) is 0 Å². The van der Waals surface area contributed by atoms with Crippen LogP contribution in [-0.4, -0.2) is 11.7 Å². The van der Waals surface area contributed by atoms with Gasteiger partial charge in [0.1, 0.15) is 5.82 Å². The molecule has 0 aromatic heterocycles. The minimum Gasteiger partial charge on any atom is -0.385 e. The Bertz CT molecular complexity index is 353. The number of aliphatic hydroxyl groups is 1. The Morgan fingerprint density at radius 2 is 2.29 bits per heavy atom. The molecule has 0 spiro atoms. The molecule has 1 atom stereocenters. The quantitative estimate of drug-likeness (QED) is 0.747. The van der Waals surface area contributed by atoms with Crippen LogP contribution in [0.2, 0.25) is 0 Å². The Balaban J connectivity index is 2.44. The molecule has 3 N–H and O–H groups in total. The smallest absolute Gasteiger partial charge is 0.126 e. The van der Waals surface area contributed by atoms with Crippen molar-refractivity contribution in [3.05, 3.63) is 35.1 Å². The zero-order valence-electron chi connectivity index (χ0n) is 7.96. The molecule has 76 valence electrons. The van der Waals surface area contributed by atoms with E-state index >= 15 is 0 Å². The van der Waals surface area contributed by atoms with E-state index in [1.165, 1.54) is 6.07 Å². The summed E-state index contributed by atoms with van der Waals surface area (Å²) in [5, 5.41) is 10.2. The molecule has 1 aliphatic carbocycles. The number of nitrogens with two attached hydrogens (primary N) is 1. The van der Waals surface area contributed by atoms with Crippen LogP contribution >= 0.6 is 0 Å². The Labute approximate surface area is 82.5 Å². The average molecular weight is 195 g/mol. The summed E-state index contributed by atoms with van der Waals surface area (Å²) in [6.45, 7) is 0.423. The molecule has 0 saturated carbocycles. The van der Waals surface area contributed by atoms with E-state index in [0.717, 1.165) is 5.56 Å². The van der Waals surface area contributed by atoms with Crippen molar-refractivity contribution in [1.82, 2.24) is 0 Å². The number of halogens is 1. The third kappa shape index (κ3) is 1.33. The molecule has 1 unspecified atom stereocenters. The lowest BCUT2D eigenvalue weighted by Crippen LogP contribution is -2.25. The second-order valence-electron chi connectivity index (χ2n) is 3.84. The highest BCUT2D eigenvalue weighted by Gasteiger charge is 2.36. The van der Waals surface area contributed by atoms with Crippen molar-refractivity contribution in [3.8, 4) is 0 Å². The van der Waals surface area contributed by atoms with E-state index in [-0.39, 0.29) is 5.82 Å². The van der Waals surface area contributed by atoms with Gasteiger partial charge in [-0.3, -0.25) is 0 Å². The summed E-state index contributed by atoms with van der Waals surface area (Å²) in [6, 6.07) is 4.87. The minimum atomic E-state index is -0.897. The fraction of sp³-hybridized carbons (Fsp3) is 0.455. The second-order valence-corrected chi connectivity index (χ2v) is 3.84. The van der Waals surface area contributed by atoms with Crippen LogP contribution < -0.4 is 5.73 Å². The third-order valence-corrected chi connectivity index (χ3v) is 2.97. The lowest BCUT2D eigenvalue weighted by atomic mass is 9.92. The van der Waals surface area contributed by atoms with Gasteiger partial charge in [-0.25, -0.2) is 4.39 Å². The monoisotopic (exact) mass is 195 g/mol. The van der Waals surface area contributed by atoms with Crippen LogP contribution in [0.15, 0.2) is 18.2 Å². The number of hydrogen-bond acceptors (Lipinski definition) is 2. The maximum absolute atomic E-state index is 13.3. The zero-order chi connectivity index (χ0) is 10.2. The fourth-order valence-electron chi connectivity index (χ4n) is 2.21. The highest BCUT2D eigenvalue weighted by atomic mass is 19.1. The molecule has 2 rings (SSSR count). The molecular weight excluding hydrogens is 181 g/mol. The number of rotatable bonds is 2. The zero-order valence-corrected chi connectivity index (χ0v) is 7.96. The molecule has 1 aromatic rings. The van der Waals surface area contributed by atoms with E-state index in [1.54, 1.807) is 12.1 Å². The number of benzene rings is 1. The Morgan fingerprint density at radius 1 is 1.50 bits per heavy atom. The predicted molar refractivity (Wildman–Crippen MR) is 52.3 cm³/mol. The van der Waals surface area contributed by atoms with Crippen molar-refractivity contribution < 1.29 is 9.50 Å². The van der Waals surface area contributed by atoms with Gasteiger partial charge in [-0.05, 0) is 43.0 Å². The van der Waals surface area contributed by atoms with Crippen molar-refractivity contribution in [3.63, 3.8) is 0 Å². The molecule has 3 heteroatoms. The first-order chi connectivity index (χ1) is 6.67. The highest BCUT2D eigenvalue weighted by Crippen LogP contribution is 2.39. The molecule has 0 fully saturated rings. The van der Waals surface area contributed by atoms with E-state index in [4.69, 9.17) is 5.73 Å². The van der Waals surface area contributed by atoms with Crippen LogP contribution in [0.1, 0.15) is 24.0 Å². The lowest BCUT2D eigenvalue weighted by molar-refractivity contribution is 0.0320. The molecule has 0 amide bonds. The SMILES string of the molecule is NCCC1(O)CCc2c(F)cccc21. The lowest BCUT2D eigenvalue weighted by Gasteiger charge is -2.23. The summed E-state index contributed by atoms with van der Waals surface area (Å²) in [7, 11) is 0. The van der Waals surface area contributed by atoms with E-state index in [2.05, 4.69) is 0 Å². The summed E-state index contributed by atoms with van der Waals surface area (Å²) in [5.41, 5.74) is 5.92. The van der Waals surface area contributed by atoms with Crippen molar-refractivity contribution in [2.45, 2.75) is 24.9 Å². The van der Waals surface area contributed by atoms with Gasteiger partial charge in [0.2, 0.25) is 0 Å². The van der Waals surface area contributed by atoms with Gasteiger partial charge in [0.15, 0.2) is 0 Å². The number of hydrogen-bond donors (Lipinski definition) is 2. The highest BCUT2D eigenvalue weighted by molar-refractivity contribution is 5.38. The molecule has 1 aromatic carbocycles. The standard InChI is InChI=1S/C11H14FNO/c12-10-3-1-2-9-8(10)4-5-11(9,14)6-7-13/h1-3,14H,4-7,13H2. The van der Waals surface area contributed by atoms with Gasteiger partial charge in [0.05, 0.1) is 5.60 Å². The maximum atomic E-state index is 13.3. The summed E-state index contributed by atoms with van der Waals surface area (Å²) in [5.74, 6) is -0.213. The Kier molecular flexibility index (Phi) is 2.29. The van der Waals surface area contributed by atoms with E-state index in [9.17, 15) is 9.50 Å². The topological polar surface area (TPSA) is 46.2 Å². The first-order valence-electron chi connectivity index (χ1n) is 4.88. The van der Waals surface area contributed by atoms with Gasteiger partial charge in [-0.2, -0.15) is 0 Å². The maximum Gasteiger partial charge on any atom is 0.126 e. The van der Waals surface area contributed by atoms with E-state index in [1.807, 2.05) is 0 Å². The van der Waals surface area contributed by atoms with Crippen LogP contribution in [0.5, 0.6) is 0 Å². The van der Waals surface area contributed by atoms with Gasteiger partial charge in [-0.1, -0.05) is 12.1 Å². The Morgan fingerprint density at radius 3 is 3.00 bits per heavy atom. The van der Waals surface area contributed by atoms with Gasteiger partial charge >= 0.3 is 0 Å². The summed E-state index contributed by atoms with van der Waals surface area (Å²) >= 11 is 0. The normalized spacial score (nSPS) is 25.1. The van der Waals surface area contributed by atoms with Gasteiger partial charge in [-0.15, -0.1) is 0 Å². The first kappa shape index (κ1) is 9.62. The van der Waals surface area contributed by atoms with Crippen molar-refractivity contribution in [2.75, 3.05) is 6.54 Å². The van der Waals surface area contributed by atoms with Crippen LogP contribution in [0, 0.1) is 5.82 Å². The third-order valence-electron chi connectivity index (χ3n) is 2.97. The molecule has 0 aliphatic heterocycles. The summed E-state index contributed by atoms with van der Waals surface area (Å²) in [4.78, 5) is 0. The predicted octanol–water partition coefficient (Wildman–Crippen LogP) is 1.31. The van der Waals surface area contributed by atoms with E-state index in [0.29, 0.717) is 31.4 Å². The summed E-state index contributed by atoms with van der Waals surface area (Å²) < 4.78 is 13.3. The molecule has 0 radical (unpaired) electrons. The molecule has 0 bridgehead atoms. The van der Waals surface area contributed by atoms with Gasteiger partial charge < -0.3 is 10.8 Å². The average Bonchev–Trinajstić information content (AvgIpc) is 2.47. The molecule has 2 nitrogen and oxygen atoms in total. The van der Waals surface area contributed by atoms with E-state index < -0.39 is 5.60 Å². The van der Waals surface area contributed by atoms with Gasteiger partial charge in [0.25, 0.3) is 0 Å². The van der Waals surface area contributed by atoms with Crippen molar-refractivity contribution >= 4 is 0 Å². The molecular formula is C11H14FNO. The second kappa shape index (κ2) is 3.33. The largest absolute Gasteiger partial charge is 0.385 e. The minimum absolute atomic E-state index is 0.213. The Hall–Kier alpha value is -0.930. The van der Waals surface area contributed by atoms with Crippen molar-refractivity contribution in [2.24, 2.45) is 5.73 Å². The molecule has 1 aliphatic rings. The van der Waals surface area contributed by atoms with Gasteiger partial charge in [0, 0.05) is 0 Å². The fourth-order valence-corrected chi connectivity index (χ4v) is 2.21.